The number of hydrogen-bond acceptors (Lipinski definition) is 4. The SMILES string of the molecule is CC1(COCc2ccccc2)CC(c2ccc(C(=O)N3CCC(Cc4ccccc4)CC3)cc2)=NO1. The van der Waals surface area contributed by atoms with Crippen LogP contribution in [0.3, 0.4) is 0 Å². The Bertz CT molecular complexity index is 1170. The molecule has 1 amide bonds. The number of oxime groups is 1. The summed E-state index contributed by atoms with van der Waals surface area (Å²) < 4.78 is 5.90. The lowest BCUT2D eigenvalue weighted by atomic mass is 9.90. The Morgan fingerprint density at radius 2 is 1.58 bits per heavy atom. The Labute approximate surface area is 213 Å². The van der Waals surface area contributed by atoms with Crippen molar-refractivity contribution in [2.24, 2.45) is 11.1 Å². The van der Waals surface area contributed by atoms with Crippen LogP contribution in [-0.4, -0.2) is 41.8 Å². The summed E-state index contributed by atoms with van der Waals surface area (Å²) in [4.78, 5) is 20.8. The van der Waals surface area contributed by atoms with Crippen molar-refractivity contribution in [1.82, 2.24) is 4.90 Å². The van der Waals surface area contributed by atoms with E-state index in [9.17, 15) is 4.79 Å². The lowest BCUT2D eigenvalue weighted by Crippen LogP contribution is -2.38. The Morgan fingerprint density at radius 1 is 0.944 bits per heavy atom. The third-order valence-corrected chi connectivity index (χ3v) is 7.17. The van der Waals surface area contributed by atoms with Gasteiger partial charge in [-0.15, -0.1) is 0 Å². The van der Waals surface area contributed by atoms with E-state index in [4.69, 9.17) is 9.57 Å². The fraction of sp³-hybridized carbons (Fsp3) is 0.355. The molecule has 186 valence electrons. The van der Waals surface area contributed by atoms with Crippen LogP contribution in [0.1, 0.15) is 53.2 Å². The Balaban J connectivity index is 1.10. The van der Waals surface area contributed by atoms with Crippen LogP contribution in [0, 0.1) is 5.92 Å². The molecule has 0 radical (unpaired) electrons. The van der Waals surface area contributed by atoms with Gasteiger partial charge in [-0.25, -0.2) is 0 Å². The van der Waals surface area contributed by atoms with Crippen molar-refractivity contribution >= 4 is 11.6 Å². The highest BCUT2D eigenvalue weighted by Crippen LogP contribution is 2.28. The Hall–Kier alpha value is -3.44. The first-order valence-corrected chi connectivity index (χ1v) is 12.9. The van der Waals surface area contributed by atoms with Crippen molar-refractivity contribution < 1.29 is 14.4 Å². The van der Waals surface area contributed by atoms with Gasteiger partial charge in [-0.2, -0.15) is 0 Å². The second-order valence-electron chi connectivity index (χ2n) is 10.2. The normalized spacial score (nSPS) is 20.1. The second-order valence-corrected chi connectivity index (χ2v) is 10.2. The maximum atomic E-state index is 13.1. The van der Waals surface area contributed by atoms with Gasteiger partial charge >= 0.3 is 0 Å². The highest BCUT2D eigenvalue weighted by atomic mass is 16.7. The number of piperidine rings is 1. The van der Waals surface area contributed by atoms with E-state index in [2.05, 4.69) is 47.6 Å². The lowest BCUT2D eigenvalue weighted by Gasteiger charge is -2.32. The van der Waals surface area contributed by atoms with Gasteiger partial charge < -0.3 is 14.5 Å². The number of benzene rings is 3. The summed E-state index contributed by atoms with van der Waals surface area (Å²) in [6.45, 7) is 4.68. The van der Waals surface area contributed by atoms with E-state index in [1.807, 2.05) is 54.3 Å². The topological polar surface area (TPSA) is 51.1 Å². The van der Waals surface area contributed by atoms with Crippen molar-refractivity contribution in [3.63, 3.8) is 0 Å². The molecule has 5 nitrogen and oxygen atoms in total. The third-order valence-electron chi connectivity index (χ3n) is 7.17. The number of ether oxygens (including phenoxy) is 1. The molecule has 0 N–H and O–H groups in total. The summed E-state index contributed by atoms with van der Waals surface area (Å²) in [6, 6.07) is 28.6. The second kappa shape index (κ2) is 11.1. The van der Waals surface area contributed by atoms with Gasteiger partial charge in [-0.05, 0) is 60.9 Å². The van der Waals surface area contributed by atoms with E-state index in [1.54, 1.807) is 0 Å². The molecule has 0 aromatic heterocycles. The van der Waals surface area contributed by atoms with E-state index < -0.39 is 5.60 Å². The summed E-state index contributed by atoms with van der Waals surface area (Å²) in [5, 5.41) is 4.33. The number of carbonyl (C=O) groups is 1. The molecule has 2 aliphatic rings. The molecule has 3 aromatic rings. The van der Waals surface area contributed by atoms with E-state index >= 15 is 0 Å². The van der Waals surface area contributed by atoms with Gasteiger partial charge in [-0.1, -0.05) is 78.0 Å². The Kier molecular flexibility index (Phi) is 7.47. The summed E-state index contributed by atoms with van der Waals surface area (Å²) in [6.07, 6.45) is 3.87. The van der Waals surface area contributed by atoms with Crippen LogP contribution in [0.5, 0.6) is 0 Å². The van der Waals surface area contributed by atoms with Crippen molar-refractivity contribution in [3.05, 3.63) is 107 Å². The summed E-state index contributed by atoms with van der Waals surface area (Å²) in [5.41, 5.74) is 4.65. The molecule has 1 atom stereocenters. The molecule has 36 heavy (non-hydrogen) atoms. The van der Waals surface area contributed by atoms with Crippen LogP contribution in [0.4, 0.5) is 0 Å². The minimum atomic E-state index is -0.483. The molecule has 0 aliphatic carbocycles. The number of carbonyl (C=O) groups excluding carboxylic acids is 1. The van der Waals surface area contributed by atoms with Gasteiger partial charge in [0.15, 0.2) is 5.60 Å². The molecule has 1 unspecified atom stereocenters. The van der Waals surface area contributed by atoms with Crippen LogP contribution in [0.15, 0.2) is 90.1 Å². The first-order chi connectivity index (χ1) is 17.6. The minimum Gasteiger partial charge on any atom is -0.386 e. The maximum Gasteiger partial charge on any atom is 0.253 e. The van der Waals surface area contributed by atoms with Crippen molar-refractivity contribution in [3.8, 4) is 0 Å². The molecule has 0 spiro atoms. The maximum absolute atomic E-state index is 13.1. The predicted octanol–water partition coefficient (Wildman–Crippen LogP) is 5.88. The van der Waals surface area contributed by atoms with Crippen LogP contribution < -0.4 is 0 Å². The summed E-state index contributed by atoms with van der Waals surface area (Å²) in [5.74, 6) is 0.758. The van der Waals surface area contributed by atoms with Gasteiger partial charge in [0.1, 0.15) is 0 Å². The molecule has 2 aliphatic heterocycles. The molecular weight excluding hydrogens is 448 g/mol. The molecule has 2 heterocycles. The largest absolute Gasteiger partial charge is 0.386 e. The molecule has 5 heteroatoms. The van der Waals surface area contributed by atoms with Gasteiger partial charge in [-0.3, -0.25) is 4.79 Å². The first kappa shape index (κ1) is 24.3. The zero-order valence-corrected chi connectivity index (χ0v) is 20.9. The molecule has 1 saturated heterocycles. The average molecular weight is 483 g/mol. The average Bonchev–Trinajstić information content (AvgIpc) is 3.32. The van der Waals surface area contributed by atoms with Crippen LogP contribution in [0.25, 0.3) is 0 Å². The summed E-state index contributed by atoms with van der Waals surface area (Å²) in [7, 11) is 0. The molecule has 0 saturated carbocycles. The standard InChI is InChI=1S/C31H34N2O3/c1-31(23-35-22-26-10-6-3-7-11-26)21-29(32-36-31)27-12-14-28(15-13-27)30(34)33-18-16-25(17-19-33)20-24-8-4-2-5-9-24/h2-15,25H,16-23H2,1H3. The number of likely N-dealkylation sites (tertiary alicyclic amines) is 1. The van der Waals surface area contributed by atoms with Crippen molar-refractivity contribution in [2.75, 3.05) is 19.7 Å². The fourth-order valence-electron chi connectivity index (χ4n) is 5.05. The van der Waals surface area contributed by atoms with Gasteiger partial charge in [0, 0.05) is 25.1 Å². The van der Waals surface area contributed by atoms with E-state index in [0.29, 0.717) is 25.6 Å². The summed E-state index contributed by atoms with van der Waals surface area (Å²) >= 11 is 0. The van der Waals surface area contributed by atoms with Crippen molar-refractivity contribution in [2.45, 2.75) is 44.8 Å². The zero-order valence-electron chi connectivity index (χ0n) is 20.9. The quantitative estimate of drug-likeness (QED) is 0.403. The smallest absolute Gasteiger partial charge is 0.253 e. The predicted molar refractivity (Wildman–Crippen MR) is 142 cm³/mol. The molecular formula is C31H34N2O3. The Morgan fingerprint density at radius 3 is 2.25 bits per heavy atom. The third kappa shape index (κ3) is 6.03. The van der Waals surface area contributed by atoms with Crippen LogP contribution in [-0.2, 0) is 22.6 Å². The fourth-order valence-corrected chi connectivity index (χ4v) is 5.05. The van der Waals surface area contributed by atoms with Gasteiger partial charge in [0.05, 0.1) is 18.9 Å². The number of rotatable bonds is 8. The highest BCUT2D eigenvalue weighted by Gasteiger charge is 2.35. The molecule has 0 bridgehead atoms. The number of hydrogen-bond donors (Lipinski definition) is 0. The molecule has 3 aromatic carbocycles. The molecule has 5 rings (SSSR count). The lowest BCUT2D eigenvalue weighted by molar-refractivity contribution is -0.0709. The zero-order chi connectivity index (χ0) is 24.8. The molecule has 1 fully saturated rings. The van der Waals surface area contributed by atoms with Crippen LogP contribution in [0.2, 0.25) is 0 Å². The highest BCUT2D eigenvalue weighted by molar-refractivity contribution is 6.02. The monoisotopic (exact) mass is 482 g/mol. The van der Waals surface area contributed by atoms with E-state index in [-0.39, 0.29) is 5.91 Å². The van der Waals surface area contributed by atoms with Gasteiger partial charge in [0.2, 0.25) is 0 Å². The first-order valence-electron chi connectivity index (χ1n) is 12.9. The van der Waals surface area contributed by atoms with E-state index in [0.717, 1.165) is 54.8 Å². The van der Waals surface area contributed by atoms with Crippen LogP contribution >= 0.6 is 0 Å². The van der Waals surface area contributed by atoms with E-state index in [1.165, 1.54) is 5.56 Å². The minimum absolute atomic E-state index is 0.114. The number of amides is 1. The number of nitrogens with zero attached hydrogens (tertiary/aromatic N) is 2. The van der Waals surface area contributed by atoms with Crippen molar-refractivity contribution in [1.29, 1.82) is 0 Å². The van der Waals surface area contributed by atoms with Gasteiger partial charge in [0.25, 0.3) is 5.91 Å².